The second kappa shape index (κ2) is 7.07. The minimum atomic E-state index is -0.803. The molecule has 3 rings (SSSR count). The Balaban J connectivity index is 1.65. The summed E-state index contributed by atoms with van der Waals surface area (Å²) >= 11 is 1.58. The van der Waals surface area contributed by atoms with Crippen molar-refractivity contribution in [3.8, 4) is 0 Å². The van der Waals surface area contributed by atoms with Gasteiger partial charge in [0.05, 0.1) is 0 Å². The third-order valence-corrected chi connectivity index (χ3v) is 5.75. The summed E-state index contributed by atoms with van der Waals surface area (Å²) in [6.07, 6.45) is 5.07. The van der Waals surface area contributed by atoms with Gasteiger partial charge in [-0.2, -0.15) is 0 Å². The average molecular weight is 361 g/mol. The number of anilines is 1. The molecule has 0 bridgehead atoms. The minimum Gasteiger partial charge on any atom is -0.324 e. The Bertz CT molecular complexity index is 699. The molecule has 1 aromatic carbocycles. The second-order valence-corrected chi connectivity index (χ2v) is 7.75. The number of hydrogen-bond acceptors (Lipinski definition) is 4. The lowest BCUT2D eigenvalue weighted by Crippen LogP contribution is -2.49. The molecule has 2 N–H and O–H groups in total. The Morgan fingerprint density at radius 2 is 2.08 bits per heavy atom. The number of urea groups is 1. The van der Waals surface area contributed by atoms with Gasteiger partial charge in [0, 0.05) is 10.6 Å². The summed E-state index contributed by atoms with van der Waals surface area (Å²) in [4.78, 5) is 39.4. The lowest BCUT2D eigenvalue weighted by molar-refractivity contribution is -0.135. The molecule has 1 aromatic rings. The zero-order chi connectivity index (χ0) is 18.0. The van der Waals surface area contributed by atoms with E-state index in [-0.39, 0.29) is 18.4 Å². The van der Waals surface area contributed by atoms with Crippen molar-refractivity contribution in [2.24, 2.45) is 5.92 Å². The highest BCUT2D eigenvalue weighted by Gasteiger charge is 2.52. The maximum Gasteiger partial charge on any atom is 0.325 e. The highest BCUT2D eigenvalue weighted by molar-refractivity contribution is 7.98. The molecule has 0 radical (unpaired) electrons. The SMILES string of the molecule is CSc1cccc(NC(=O)CN2C(=O)NC3(CCC(C)CC3)C2=O)c1. The number of amides is 4. The quantitative estimate of drug-likeness (QED) is 0.638. The third kappa shape index (κ3) is 3.66. The Labute approximate surface area is 151 Å². The molecule has 1 saturated heterocycles. The molecule has 1 spiro atoms. The summed E-state index contributed by atoms with van der Waals surface area (Å²) in [5.74, 6) is -0.0724. The first-order chi connectivity index (χ1) is 11.9. The predicted octanol–water partition coefficient (Wildman–Crippen LogP) is 2.85. The molecule has 2 aliphatic rings. The van der Waals surface area contributed by atoms with Crippen LogP contribution in [0.25, 0.3) is 0 Å². The van der Waals surface area contributed by atoms with Crippen molar-refractivity contribution in [3.05, 3.63) is 24.3 Å². The van der Waals surface area contributed by atoms with E-state index in [4.69, 9.17) is 0 Å². The van der Waals surface area contributed by atoms with Gasteiger partial charge in [-0.25, -0.2) is 4.79 Å². The molecule has 4 amide bonds. The highest BCUT2D eigenvalue weighted by Crippen LogP contribution is 2.36. The van der Waals surface area contributed by atoms with Crippen molar-refractivity contribution in [3.63, 3.8) is 0 Å². The van der Waals surface area contributed by atoms with Gasteiger partial charge in [0.25, 0.3) is 5.91 Å². The summed E-state index contributed by atoms with van der Waals surface area (Å²) in [5, 5.41) is 5.59. The standard InChI is InChI=1S/C18H23N3O3S/c1-12-6-8-18(9-7-12)16(23)21(17(24)20-18)11-15(22)19-13-4-3-5-14(10-13)25-2/h3-5,10,12H,6-9,11H2,1-2H3,(H,19,22)(H,20,24). The molecule has 1 saturated carbocycles. The Hall–Kier alpha value is -2.02. The molecule has 2 fully saturated rings. The molecule has 1 aliphatic heterocycles. The summed E-state index contributed by atoms with van der Waals surface area (Å²) in [5.41, 5.74) is -0.145. The van der Waals surface area contributed by atoms with Crippen LogP contribution in [0.4, 0.5) is 10.5 Å². The molecule has 6 nitrogen and oxygen atoms in total. The van der Waals surface area contributed by atoms with Crippen LogP contribution in [0.1, 0.15) is 32.6 Å². The van der Waals surface area contributed by atoms with Crippen LogP contribution < -0.4 is 10.6 Å². The van der Waals surface area contributed by atoms with Gasteiger partial charge >= 0.3 is 6.03 Å². The number of rotatable bonds is 4. The molecule has 25 heavy (non-hydrogen) atoms. The van der Waals surface area contributed by atoms with Crippen LogP contribution in [0.15, 0.2) is 29.2 Å². The zero-order valence-electron chi connectivity index (χ0n) is 14.5. The minimum absolute atomic E-state index is 0.258. The predicted molar refractivity (Wildman–Crippen MR) is 97.5 cm³/mol. The fourth-order valence-corrected chi connectivity index (χ4v) is 3.92. The first-order valence-electron chi connectivity index (χ1n) is 8.51. The number of hydrogen-bond donors (Lipinski definition) is 2. The number of carbonyl (C=O) groups excluding carboxylic acids is 3. The molecule has 1 aliphatic carbocycles. The second-order valence-electron chi connectivity index (χ2n) is 6.87. The van der Waals surface area contributed by atoms with Crippen LogP contribution in [-0.4, -0.2) is 41.1 Å². The maximum absolute atomic E-state index is 12.7. The van der Waals surface area contributed by atoms with E-state index in [1.807, 2.05) is 24.5 Å². The molecular weight excluding hydrogens is 338 g/mol. The van der Waals surface area contributed by atoms with Crippen molar-refractivity contribution in [2.75, 3.05) is 18.1 Å². The molecule has 0 aromatic heterocycles. The summed E-state index contributed by atoms with van der Waals surface area (Å²) in [7, 11) is 0. The topological polar surface area (TPSA) is 78.5 Å². The number of nitrogens with zero attached hydrogens (tertiary/aromatic N) is 1. The van der Waals surface area contributed by atoms with Crippen LogP contribution in [-0.2, 0) is 9.59 Å². The molecule has 134 valence electrons. The fraction of sp³-hybridized carbons (Fsp3) is 0.500. The van der Waals surface area contributed by atoms with E-state index in [0.717, 1.165) is 22.6 Å². The highest BCUT2D eigenvalue weighted by atomic mass is 32.2. The van der Waals surface area contributed by atoms with Crippen LogP contribution in [0.2, 0.25) is 0 Å². The van der Waals surface area contributed by atoms with Crippen molar-refractivity contribution in [2.45, 2.75) is 43.0 Å². The van der Waals surface area contributed by atoms with Gasteiger partial charge in [-0.15, -0.1) is 11.8 Å². The first kappa shape index (κ1) is 17.8. The van der Waals surface area contributed by atoms with E-state index in [0.29, 0.717) is 24.4 Å². The summed E-state index contributed by atoms with van der Waals surface area (Å²) in [6, 6.07) is 6.98. The van der Waals surface area contributed by atoms with E-state index in [1.54, 1.807) is 17.8 Å². The third-order valence-electron chi connectivity index (χ3n) is 5.03. The number of benzene rings is 1. The van der Waals surface area contributed by atoms with E-state index < -0.39 is 11.6 Å². The van der Waals surface area contributed by atoms with Gasteiger partial charge in [0.15, 0.2) is 0 Å². The molecule has 1 heterocycles. The van der Waals surface area contributed by atoms with Gasteiger partial charge in [0.2, 0.25) is 5.91 Å². The van der Waals surface area contributed by atoms with Crippen molar-refractivity contribution in [1.29, 1.82) is 0 Å². The van der Waals surface area contributed by atoms with Gasteiger partial charge in [-0.1, -0.05) is 13.0 Å². The van der Waals surface area contributed by atoms with Crippen LogP contribution >= 0.6 is 11.8 Å². The van der Waals surface area contributed by atoms with Crippen LogP contribution in [0.3, 0.4) is 0 Å². The Morgan fingerprint density at radius 1 is 1.36 bits per heavy atom. The van der Waals surface area contributed by atoms with E-state index in [9.17, 15) is 14.4 Å². The number of thioether (sulfide) groups is 1. The van der Waals surface area contributed by atoms with Gasteiger partial charge < -0.3 is 10.6 Å². The van der Waals surface area contributed by atoms with Crippen molar-refractivity contribution in [1.82, 2.24) is 10.2 Å². The number of carbonyl (C=O) groups is 3. The lowest BCUT2D eigenvalue weighted by Gasteiger charge is -2.33. The first-order valence-corrected chi connectivity index (χ1v) is 9.74. The van der Waals surface area contributed by atoms with Gasteiger partial charge in [-0.3, -0.25) is 14.5 Å². The number of nitrogens with one attached hydrogen (secondary N) is 2. The smallest absolute Gasteiger partial charge is 0.324 e. The molecule has 0 unspecified atom stereocenters. The summed E-state index contributed by atoms with van der Waals surface area (Å²) < 4.78 is 0. The van der Waals surface area contributed by atoms with Crippen LogP contribution in [0, 0.1) is 5.92 Å². The fourth-order valence-electron chi connectivity index (χ4n) is 3.46. The maximum atomic E-state index is 12.7. The average Bonchev–Trinajstić information content (AvgIpc) is 2.82. The van der Waals surface area contributed by atoms with E-state index in [1.165, 1.54) is 0 Å². The number of imide groups is 1. The molecule has 0 atom stereocenters. The Morgan fingerprint density at radius 3 is 2.76 bits per heavy atom. The molecule has 7 heteroatoms. The normalized spacial score (nSPS) is 26.0. The zero-order valence-corrected chi connectivity index (χ0v) is 15.3. The van der Waals surface area contributed by atoms with E-state index >= 15 is 0 Å². The van der Waals surface area contributed by atoms with Crippen molar-refractivity contribution >= 4 is 35.3 Å². The Kier molecular flexibility index (Phi) is 5.03. The monoisotopic (exact) mass is 361 g/mol. The van der Waals surface area contributed by atoms with Gasteiger partial charge in [0.1, 0.15) is 12.1 Å². The van der Waals surface area contributed by atoms with Crippen molar-refractivity contribution < 1.29 is 14.4 Å². The largest absolute Gasteiger partial charge is 0.325 e. The molecular formula is C18H23N3O3S. The van der Waals surface area contributed by atoms with E-state index in [2.05, 4.69) is 17.6 Å². The van der Waals surface area contributed by atoms with Gasteiger partial charge in [-0.05, 0) is 56.1 Å². The van der Waals surface area contributed by atoms with Crippen LogP contribution in [0.5, 0.6) is 0 Å². The summed E-state index contributed by atoms with van der Waals surface area (Å²) in [6.45, 7) is 1.90. The lowest BCUT2D eigenvalue weighted by atomic mass is 9.77.